The second-order valence-corrected chi connectivity index (χ2v) is 9.73. The number of piperazine rings is 1. The number of halogens is 2. The summed E-state index contributed by atoms with van der Waals surface area (Å²) >= 11 is 6.13. The Hall–Kier alpha value is -1.99. The van der Waals surface area contributed by atoms with Crippen LogP contribution in [0.15, 0.2) is 0 Å². The quantitative estimate of drug-likeness (QED) is 0.534. The Kier molecular flexibility index (Phi) is 3.77. The van der Waals surface area contributed by atoms with Crippen LogP contribution in [0, 0.1) is 18.7 Å². The van der Waals surface area contributed by atoms with Gasteiger partial charge >= 0.3 is 0 Å². The number of rotatable bonds is 2. The van der Waals surface area contributed by atoms with Crippen LogP contribution < -0.4 is 9.64 Å². The number of likely N-dealkylation sites (N-methyl/N-ethyl adjacent to an activating group) is 1. The topological polar surface area (TPSA) is 58.6 Å². The Morgan fingerprint density at radius 2 is 2.03 bits per heavy atom. The van der Waals surface area contributed by atoms with E-state index in [1.165, 1.54) is 12.8 Å². The molecule has 0 amide bonds. The number of hydrogen-bond acceptors (Lipinski definition) is 6. The van der Waals surface area contributed by atoms with Crippen LogP contribution in [0.2, 0.25) is 5.15 Å². The number of aryl methyl sites for hydroxylation is 1. The fourth-order valence-electron chi connectivity index (χ4n) is 6.43. The van der Waals surface area contributed by atoms with Crippen LogP contribution in [-0.4, -0.2) is 58.5 Å². The molecular weight excluding hydrogens is 407 g/mol. The first-order chi connectivity index (χ1) is 14.4. The van der Waals surface area contributed by atoms with Gasteiger partial charge in [-0.15, -0.1) is 0 Å². The highest BCUT2D eigenvalue weighted by atomic mass is 35.5. The highest BCUT2D eigenvalue weighted by Crippen LogP contribution is 2.56. The maximum absolute atomic E-state index is 15.2. The van der Waals surface area contributed by atoms with Gasteiger partial charge in [-0.1, -0.05) is 11.6 Å². The molecule has 6 rings (SSSR count). The Labute approximate surface area is 179 Å². The van der Waals surface area contributed by atoms with Gasteiger partial charge in [-0.25, -0.2) is 9.37 Å². The van der Waals surface area contributed by atoms with E-state index in [2.05, 4.69) is 21.8 Å². The van der Waals surface area contributed by atoms with Crippen molar-refractivity contribution in [2.75, 3.05) is 18.5 Å². The molecule has 4 aliphatic rings. The lowest BCUT2D eigenvalue weighted by molar-refractivity contribution is 0.0364. The molecular formula is C22H24ClFN4O2. The summed E-state index contributed by atoms with van der Waals surface area (Å²) in [6, 6.07) is 0.347. The van der Waals surface area contributed by atoms with Crippen LogP contribution in [0.5, 0.6) is 5.88 Å². The molecule has 0 N–H and O–H groups in total. The van der Waals surface area contributed by atoms with E-state index >= 15 is 4.39 Å². The number of anilines is 1. The lowest BCUT2D eigenvalue weighted by Gasteiger charge is -2.53. The molecule has 0 aromatic carbocycles. The van der Waals surface area contributed by atoms with Crippen molar-refractivity contribution < 1.29 is 13.9 Å². The van der Waals surface area contributed by atoms with Gasteiger partial charge in [-0.05, 0) is 58.1 Å². The largest absolute Gasteiger partial charge is 0.472 e. The van der Waals surface area contributed by atoms with Gasteiger partial charge in [0, 0.05) is 23.5 Å². The van der Waals surface area contributed by atoms with Gasteiger partial charge in [-0.2, -0.15) is 4.98 Å². The number of fused-ring (bicyclic) bond motifs is 5. The number of aromatic nitrogens is 2. The van der Waals surface area contributed by atoms with Crippen molar-refractivity contribution in [3.8, 4) is 5.88 Å². The lowest BCUT2D eigenvalue weighted by atomic mass is 9.87. The molecule has 2 aromatic heterocycles. The summed E-state index contributed by atoms with van der Waals surface area (Å²) in [6.07, 6.45) is 5.26. The first kappa shape index (κ1) is 18.8. The van der Waals surface area contributed by atoms with E-state index in [0.29, 0.717) is 40.9 Å². The maximum Gasteiger partial charge on any atom is 0.227 e. The lowest BCUT2D eigenvalue weighted by Crippen LogP contribution is -2.68. The van der Waals surface area contributed by atoms with E-state index in [4.69, 9.17) is 21.3 Å². The second-order valence-electron chi connectivity index (χ2n) is 9.37. The summed E-state index contributed by atoms with van der Waals surface area (Å²) in [5.74, 6) is 0.970. The van der Waals surface area contributed by atoms with Gasteiger partial charge in [-0.3, -0.25) is 9.69 Å². The highest BCUT2D eigenvalue weighted by molar-refractivity contribution is 6.30. The van der Waals surface area contributed by atoms with E-state index in [1.807, 2.05) is 6.92 Å². The standard InChI is InChI=1S/C22H24ClFN4O2/c1-10-13(8-29)25-20-16-15(10)17(24)19(23)26-21(16)30-11(2)18-14-6-7-22(27(14)3,9-28(18)20)12-4-5-12/h8,11-12,14,18H,4-7,9H2,1-3H3/t11-,14-,18+,22+/m0/s1. The first-order valence-corrected chi connectivity index (χ1v) is 11.1. The van der Waals surface area contributed by atoms with Gasteiger partial charge in [0.2, 0.25) is 5.88 Å². The molecule has 158 valence electrons. The second kappa shape index (κ2) is 6.04. The Morgan fingerprint density at radius 1 is 1.27 bits per heavy atom. The summed E-state index contributed by atoms with van der Waals surface area (Å²) in [6.45, 7) is 4.54. The van der Waals surface area contributed by atoms with Crippen LogP contribution >= 0.6 is 11.6 Å². The molecule has 1 saturated carbocycles. The zero-order valence-corrected chi connectivity index (χ0v) is 18.0. The normalized spacial score (nSPS) is 32.7. The number of aldehydes is 1. The van der Waals surface area contributed by atoms with Gasteiger partial charge in [0.1, 0.15) is 17.6 Å². The van der Waals surface area contributed by atoms with E-state index < -0.39 is 5.82 Å². The molecule has 0 unspecified atom stereocenters. The number of carbonyl (C=O) groups is 1. The number of nitrogens with zero attached hydrogens (tertiary/aromatic N) is 4. The van der Waals surface area contributed by atoms with Gasteiger partial charge < -0.3 is 9.64 Å². The number of pyridine rings is 2. The minimum absolute atomic E-state index is 0.0401. The van der Waals surface area contributed by atoms with Gasteiger partial charge in [0.05, 0.1) is 11.4 Å². The summed E-state index contributed by atoms with van der Waals surface area (Å²) in [5, 5.41) is 0.579. The van der Waals surface area contributed by atoms with E-state index in [1.54, 1.807) is 6.92 Å². The average molecular weight is 431 g/mol. The predicted octanol–water partition coefficient (Wildman–Crippen LogP) is 3.76. The SMILES string of the molecule is Cc1c(C=O)nc2c3c(nc(Cl)c(F)c13)O[C@@H](C)[C@@H]1[C@@H]3CC[C@](C4CC4)(CN21)N3C. The van der Waals surface area contributed by atoms with Crippen LogP contribution in [0.1, 0.15) is 48.7 Å². The van der Waals surface area contributed by atoms with E-state index in [0.717, 1.165) is 19.4 Å². The third-order valence-electron chi connectivity index (χ3n) is 8.04. The molecule has 1 aliphatic carbocycles. The van der Waals surface area contributed by atoms with Gasteiger partial charge in [0.25, 0.3) is 0 Å². The summed E-state index contributed by atoms with van der Waals surface area (Å²) in [5.41, 5.74) is 0.810. The highest BCUT2D eigenvalue weighted by Gasteiger charge is 2.61. The molecule has 4 atom stereocenters. The summed E-state index contributed by atoms with van der Waals surface area (Å²) < 4.78 is 21.5. The molecule has 6 nitrogen and oxygen atoms in total. The van der Waals surface area contributed by atoms with Crippen LogP contribution in [0.25, 0.3) is 10.8 Å². The minimum atomic E-state index is -0.622. The van der Waals surface area contributed by atoms with Crippen LogP contribution in [0.3, 0.4) is 0 Å². The van der Waals surface area contributed by atoms with Crippen LogP contribution in [-0.2, 0) is 0 Å². The third-order valence-corrected chi connectivity index (χ3v) is 8.29. The molecule has 0 radical (unpaired) electrons. The molecule has 0 spiro atoms. The summed E-state index contributed by atoms with van der Waals surface area (Å²) in [7, 11) is 2.24. The molecule has 3 aliphatic heterocycles. The van der Waals surface area contributed by atoms with Crippen molar-refractivity contribution >= 4 is 34.5 Å². The number of carbonyl (C=O) groups excluding carboxylic acids is 1. The molecule has 2 saturated heterocycles. The maximum atomic E-state index is 15.2. The van der Waals surface area contributed by atoms with Crippen LogP contribution in [0.4, 0.5) is 10.2 Å². The Morgan fingerprint density at radius 3 is 2.73 bits per heavy atom. The summed E-state index contributed by atoms with van der Waals surface area (Å²) in [4.78, 5) is 25.7. The van der Waals surface area contributed by atoms with Gasteiger partial charge in [0.15, 0.2) is 17.3 Å². The van der Waals surface area contributed by atoms with Crippen molar-refractivity contribution in [1.29, 1.82) is 0 Å². The van der Waals surface area contributed by atoms with Crippen molar-refractivity contribution in [2.45, 2.75) is 63.3 Å². The molecule has 5 heterocycles. The van der Waals surface area contributed by atoms with Crippen molar-refractivity contribution in [3.63, 3.8) is 0 Å². The van der Waals surface area contributed by atoms with Crippen molar-refractivity contribution in [1.82, 2.24) is 14.9 Å². The minimum Gasteiger partial charge on any atom is -0.472 e. The fraction of sp³-hybridized carbons (Fsp3) is 0.591. The van der Waals surface area contributed by atoms with Crippen molar-refractivity contribution in [3.05, 3.63) is 22.2 Å². The fourth-order valence-corrected chi connectivity index (χ4v) is 6.60. The third kappa shape index (κ3) is 2.20. The number of ether oxygens (including phenoxy) is 1. The predicted molar refractivity (Wildman–Crippen MR) is 112 cm³/mol. The molecule has 8 heteroatoms. The van der Waals surface area contributed by atoms with E-state index in [9.17, 15) is 4.79 Å². The monoisotopic (exact) mass is 430 g/mol. The molecule has 30 heavy (non-hydrogen) atoms. The smallest absolute Gasteiger partial charge is 0.227 e. The first-order valence-electron chi connectivity index (χ1n) is 10.7. The molecule has 2 bridgehead atoms. The Balaban J connectivity index is 1.66. The average Bonchev–Trinajstić information content (AvgIpc) is 3.54. The number of hydrogen-bond donors (Lipinski definition) is 0. The zero-order chi connectivity index (χ0) is 20.9. The van der Waals surface area contributed by atoms with Crippen molar-refractivity contribution in [2.24, 2.45) is 5.92 Å². The van der Waals surface area contributed by atoms with E-state index in [-0.39, 0.29) is 33.9 Å². The molecule has 2 aromatic rings. The molecule has 3 fully saturated rings. The zero-order valence-electron chi connectivity index (χ0n) is 17.3. The Bertz CT molecular complexity index is 1110.